The van der Waals surface area contributed by atoms with E-state index >= 15 is 0 Å². The summed E-state index contributed by atoms with van der Waals surface area (Å²) in [5.74, 6) is 0.159. The minimum Gasteiger partial charge on any atom is -0.334 e. The van der Waals surface area contributed by atoms with E-state index in [9.17, 15) is 4.79 Å². The first kappa shape index (κ1) is 15.5. The normalized spacial score (nSPS) is 22.1. The summed E-state index contributed by atoms with van der Waals surface area (Å²) in [6.45, 7) is 1.92. The summed E-state index contributed by atoms with van der Waals surface area (Å²) in [7, 11) is 0. The Bertz CT molecular complexity index is 505. The minimum absolute atomic E-state index is 0.159. The summed E-state index contributed by atoms with van der Waals surface area (Å²) in [5, 5.41) is 3.55. The molecule has 1 amide bonds. The standard InChI is InChI=1S/C16H20Br2N2O/c17-12-7-11(8-13(18)9-12)16(21)20(15-4-5-15)10-14-3-1-2-6-19-14/h7-9,14-15,19H,1-6,10H2. The van der Waals surface area contributed by atoms with Gasteiger partial charge in [0.25, 0.3) is 5.91 Å². The van der Waals surface area contributed by atoms with Gasteiger partial charge < -0.3 is 10.2 Å². The number of hydrogen-bond donors (Lipinski definition) is 1. The van der Waals surface area contributed by atoms with Gasteiger partial charge in [-0.25, -0.2) is 0 Å². The van der Waals surface area contributed by atoms with Crippen LogP contribution in [-0.4, -0.2) is 36.0 Å². The number of piperidine rings is 1. The number of benzene rings is 1. The Hall–Kier alpha value is -0.390. The van der Waals surface area contributed by atoms with Crippen molar-refractivity contribution in [1.82, 2.24) is 10.2 Å². The zero-order valence-electron chi connectivity index (χ0n) is 11.9. The van der Waals surface area contributed by atoms with Gasteiger partial charge in [0.05, 0.1) is 0 Å². The molecule has 1 heterocycles. The third-order valence-corrected chi connectivity index (χ3v) is 5.10. The van der Waals surface area contributed by atoms with Crippen LogP contribution < -0.4 is 5.32 Å². The fourth-order valence-electron chi connectivity index (χ4n) is 2.94. The molecule has 1 saturated heterocycles. The summed E-state index contributed by atoms with van der Waals surface area (Å²) >= 11 is 6.94. The van der Waals surface area contributed by atoms with Gasteiger partial charge in [0, 0.05) is 33.1 Å². The third kappa shape index (κ3) is 4.08. The van der Waals surface area contributed by atoms with Crippen molar-refractivity contribution in [3.05, 3.63) is 32.7 Å². The number of nitrogens with zero attached hydrogens (tertiary/aromatic N) is 1. The molecular formula is C16H20Br2N2O. The van der Waals surface area contributed by atoms with E-state index in [0.29, 0.717) is 12.1 Å². The second-order valence-corrected chi connectivity index (χ2v) is 7.82. The van der Waals surface area contributed by atoms with E-state index in [1.165, 1.54) is 19.3 Å². The van der Waals surface area contributed by atoms with Gasteiger partial charge in [-0.1, -0.05) is 38.3 Å². The molecule has 21 heavy (non-hydrogen) atoms. The van der Waals surface area contributed by atoms with Gasteiger partial charge in [-0.15, -0.1) is 0 Å². The summed E-state index contributed by atoms with van der Waals surface area (Å²) in [4.78, 5) is 14.9. The maximum Gasteiger partial charge on any atom is 0.254 e. The molecule has 0 aromatic heterocycles. The molecule has 1 saturated carbocycles. The topological polar surface area (TPSA) is 32.3 Å². The van der Waals surface area contributed by atoms with Gasteiger partial charge in [0.15, 0.2) is 0 Å². The Morgan fingerprint density at radius 3 is 2.43 bits per heavy atom. The lowest BCUT2D eigenvalue weighted by atomic mass is 10.0. The van der Waals surface area contributed by atoms with Gasteiger partial charge in [0.2, 0.25) is 0 Å². The van der Waals surface area contributed by atoms with Crippen LogP contribution in [0.1, 0.15) is 42.5 Å². The Kier molecular flexibility index (Phi) is 5.02. The highest BCUT2D eigenvalue weighted by Crippen LogP contribution is 2.30. The summed E-state index contributed by atoms with van der Waals surface area (Å²) in [6, 6.07) is 6.69. The lowest BCUT2D eigenvalue weighted by Crippen LogP contribution is -2.46. The number of carbonyl (C=O) groups is 1. The Morgan fingerprint density at radius 1 is 1.14 bits per heavy atom. The van der Waals surface area contributed by atoms with Crippen LogP contribution in [0.5, 0.6) is 0 Å². The predicted molar refractivity (Wildman–Crippen MR) is 91.5 cm³/mol. The van der Waals surface area contributed by atoms with Crippen molar-refractivity contribution in [1.29, 1.82) is 0 Å². The molecule has 1 atom stereocenters. The molecule has 5 heteroatoms. The molecule has 3 rings (SSSR count). The molecule has 1 aliphatic carbocycles. The Morgan fingerprint density at radius 2 is 1.86 bits per heavy atom. The van der Waals surface area contributed by atoms with Crippen molar-refractivity contribution in [2.24, 2.45) is 0 Å². The number of halogens is 2. The van der Waals surface area contributed by atoms with Crippen LogP contribution in [-0.2, 0) is 0 Å². The third-order valence-electron chi connectivity index (χ3n) is 4.19. The van der Waals surface area contributed by atoms with Gasteiger partial charge in [-0.05, 0) is 50.4 Å². The molecule has 1 unspecified atom stereocenters. The highest BCUT2D eigenvalue weighted by molar-refractivity contribution is 9.11. The Balaban J connectivity index is 1.74. The van der Waals surface area contributed by atoms with E-state index < -0.39 is 0 Å². The fourth-order valence-corrected chi connectivity index (χ4v) is 4.24. The first-order valence-corrected chi connectivity index (χ1v) is 9.22. The maximum atomic E-state index is 12.9. The molecule has 1 aromatic carbocycles. The van der Waals surface area contributed by atoms with E-state index in [2.05, 4.69) is 42.1 Å². The SMILES string of the molecule is O=C(c1cc(Br)cc(Br)c1)N(CC1CCCCN1)C1CC1. The number of nitrogens with one attached hydrogen (secondary N) is 1. The lowest BCUT2D eigenvalue weighted by molar-refractivity contribution is 0.0717. The molecule has 0 bridgehead atoms. The van der Waals surface area contributed by atoms with E-state index in [-0.39, 0.29) is 5.91 Å². The van der Waals surface area contributed by atoms with Gasteiger partial charge >= 0.3 is 0 Å². The summed E-state index contributed by atoms with van der Waals surface area (Å²) in [6.07, 6.45) is 6.00. The largest absolute Gasteiger partial charge is 0.334 e. The zero-order chi connectivity index (χ0) is 14.8. The molecule has 1 N–H and O–H groups in total. The molecule has 1 aromatic rings. The summed E-state index contributed by atoms with van der Waals surface area (Å²) in [5.41, 5.74) is 0.763. The van der Waals surface area contributed by atoms with Gasteiger partial charge in [-0.3, -0.25) is 4.79 Å². The van der Waals surface area contributed by atoms with Gasteiger partial charge in [-0.2, -0.15) is 0 Å². The van der Waals surface area contributed by atoms with E-state index in [1.54, 1.807) is 0 Å². The maximum absolute atomic E-state index is 12.9. The highest BCUT2D eigenvalue weighted by Gasteiger charge is 2.34. The van der Waals surface area contributed by atoms with Crippen LogP contribution in [0.25, 0.3) is 0 Å². The van der Waals surface area contributed by atoms with Crippen molar-refractivity contribution in [2.75, 3.05) is 13.1 Å². The van der Waals surface area contributed by atoms with Crippen LogP contribution >= 0.6 is 31.9 Å². The zero-order valence-corrected chi connectivity index (χ0v) is 15.1. The Labute approximate surface area is 142 Å². The summed E-state index contributed by atoms with van der Waals surface area (Å²) < 4.78 is 1.87. The van der Waals surface area contributed by atoms with E-state index in [1.807, 2.05) is 18.2 Å². The molecule has 0 spiro atoms. The first-order valence-electron chi connectivity index (χ1n) is 7.64. The quantitative estimate of drug-likeness (QED) is 0.807. The van der Waals surface area contributed by atoms with Crippen molar-refractivity contribution in [3.8, 4) is 0 Å². The molecule has 2 fully saturated rings. The fraction of sp³-hybridized carbons (Fsp3) is 0.562. The van der Waals surface area contributed by atoms with Crippen LogP contribution in [0.2, 0.25) is 0 Å². The van der Waals surface area contributed by atoms with Crippen molar-refractivity contribution in [2.45, 2.75) is 44.2 Å². The molecule has 114 valence electrons. The van der Waals surface area contributed by atoms with E-state index in [4.69, 9.17) is 0 Å². The number of amides is 1. The number of rotatable bonds is 4. The lowest BCUT2D eigenvalue weighted by Gasteiger charge is -2.31. The number of hydrogen-bond acceptors (Lipinski definition) is 2. The molecule has 1 aliphatic heterocycles. The average molecular weight is 416 g/mol. The molecule has 3 nitrogen and oxygen atoms in total. The van der Waals surface area contributed by atoms with Gasteiger partial charge in [0.1, 0.15) is 0 Å². The minimum atomic E-state index is 0.159. The monoisotopic (exact) mass is 414 g/mol. The van der Waals surface area contributed by atoms with Crippen LogP contribution in [0.4, 0.5) is 0 Å². The highest BCUT2D eigenvalue weighted by atomic mass is 79.9. The van der Waals surface area contributed by atoms with Crippen molar-refractivity contribution >= 4 is 37.8 Å². The van der Waals surface area contributed by atoms with Crippen molar-refractivity contribution in [3.63, 3.8) is 0 Å². The van der Waals surface area contributed by atoms with E-state index in [0.717, 1.165) is 40.4 Å². The molecular weight excluding hydrogens is 396 g/mol. The van der Waals surface area contributed by atoms with Crippen molar-refractivity contribution < 1.29 is 4.79 Å². The second kappa shape index (κ2) is 6.80. The van der Waals surface area contributed by atoms with Crippen LogP contribution in [0.15, 0.2) is 27.1 Å². The molecule has 2 aliphatic rings. The average Bonchev–Trinajstić information content (AvgIpc) is 3.29. The smallest absolute Gasteiger partial charge is 0.254 e. The van der Waals surface area contributed by atoms with Crippen LogP contribution in [0.3, 0.4) is 0 Å². The number of carbonyl (C=O) groups excluding carboxylic acids is 1. The predicted octanol–water partition coefficient (Wildman–Crippen LogP) is 3.96. The second-order valence-electron chi connectivity index (χ2n) is 5.99. The molecule has 0 radical (unpaired) electrons. The first-order chi connectivity index (χ1) is 10.1. The van der Waals surface area contributed by atoms with Crippen LogP contribution in [0, 0.1) is 0 Å².